The number of aliphatic imine (C=N–C) groups is 1. The highest BCUT2D eigenvalue weighted by atomic mass is 127. The average molecular weight is 468 g/mol. The van der Waals surface area contributed by atoms with Gasteiger partial charge in [0.15, 0.2) is 5.96 Å². The van der Waals surface area contributed by atoms with Gasteiger partial charge in [-0.1, -0.05) is 6.92 Å². The number of hydrogen-bond donors (Lipinski definition) is 1. The van der Waals surface area contributed by atoms with Crippen LogP contribution in [0.1, 0.15) is 47.0 Å². The van der Waals surface area contributed by atoms with Crippen LogP contribution < -0.4 is 5.32 Å². The lowest BCUT2D eigenvalue weighted by Gasteiger charge is -2.39. The molecule has 2 heterocycles. The monoisotopic (exact) mass is 468 g/mol. The second kappa shape index (κ2) is 11.1. The average Bonchev–Trinajstić information content (AvgIpc) is 2.54. The molecule has 0 unspecified atom stereocenters. The molecular weight excluding hydrogens is 431 g/mol. The molecule has 0 aromatic rings. The molecule has 0 spiro atoms. The number of nitrogens with one attached hydrogen (secondary N) is 1. The Kier molecular flexibility index (Phi) is 10.4. The highest BCUT2D eigenvalue weighted by molar-refractivity contribution is 14.0. The summed E-state index contributed by atoms with van der Waals surface area (Å²) >= 11 is 2.08. The Bertz CT molecular complexity index is 381. The van der Waals surface area contributed by atoms with Crippen LogP contribution >= 0.6 is 35.7 Å². The molecule has 2 rings (SSSR count). The van der Waals surface area contributed by atoms with Crippen molar-refractivity contribution in [3.63, 3.8) is 0 Å². The van der Waals surface area contributed by atoms with E-state index in [4.69, 9.17) is 4.99 Å². The molecule has 2 aliphatic heterocycles. The van der Waals surface area contributed by atoms with Gasteiger partial charge in [-0.2, -0.15) is 11.8 Å². The number of thioether (sulfide) groups is 1. The molecule has 4 nitrogen and oxygen atoms in total. The minimum atomic E-state index is 0. The zero-order valence-corrected chi connectivity index (χ0v) is 19.2. The summed E-state index contributed by atoms with van der Waals surface area (Å²) in [6.45, 7) is 17.0. The SMILES string of the molecule is CCNC(=NCCC1CCN(CC)CC1)N1CCSC(C)(C)C1.I. The molecule has 6 heteroatoms. The largest absolute Gasteiger partial charge is 0.357 e. The van der Waals surface area contributed by atoms with Crippen LogP contribution in [0.25, 0.3) is 0 Å². The first kappa shape index (κ1) is 22.4. The van der Waals surface area contributed by atoms with Crippen molar-refractivity contribution in [2.24, 2.45) is 10.9 Å². The number of piperidine rings is 1. The van der Waals surface area contributed by atoms with Crippen LogP contribution in [-0.4, -0.2) is 72.1 Å². The van der Waals surface area contributed by atoms with Crippen molar-refractivity contribution in [2.45, 2.75) is 51.7 Å². The topological polar surface area (TPSA) is 30.9 Å². The van der Waals surface area contributed by atoms with E-state index in [0.717, 1.165) is 38.1 Å². The highest BCUT2D eigenvalue weighted by Crippen LogP contribution is 2.29. The van der Waals surface area contributed by atoms with Crippen LogP contribution in [0.4, 0.5) is 0 Å². The van der Waals surface area contributed by atoms with E-state index >= 15 is 0 Å². The Hall–Kier alpha value is 0.310. The lowest BCUT2D eigenvalue weighted by Crippen LogP contribution is -2.51. The van der Waals surface area contributed by atoms with Crippen molar-refractivity contribution >= 4 is 41.7 Å². The van der Waals surface area contributed by atoms with E-state index in [0.29, 0.717) is 4.75 Å². The zero-order chi connectivity index (χ0) is 16.7. The molecule has 24 heavy (non-hydrogen) atoms. The molecule has 0 aromatic heterocycles. The van der Waals surface area contributed by atoms with Crippen LogP contribution in [-0.2, 0) is 0 Å². The van der Waals surface area contributed by atoms with Gasteiger partial charge in [-0.05, 0) is 65.6 Å². The van der Waals surface area contributed by atoms with Crippen molar-refractivity contribution in [3.05, 3.63) is 0 Å². The smallest absolute Gasteiger partial charge is 0.193 e. The molecule has 2 fully saturated rings. The Morgan fingerprint density at radius 1 is 1.21 bits per heavy atom. The standard InChI is InChI=1S/C18H36N4S.HI/c1-5-19-17(22-13-14-23-18(3,4)15-22)20-10-7-16-8-11-21(6-2)12-9-16;/h16H,5-15H2,1-4H3,(H,19,20);1H. The van der Waals surface area contributed by atoms with E-state index in [1.165, 1.54) is 44.6 Å². The fourth-order valence-corrected chi connectivity index (χ4v) is 4.68. The summed E-state index contributed by atoms with van der Waals surface area (Å²) in [6, 6.07) is 0. The fourth-order valence-electron chi connectivity index (χ4n) is 3.57. The van der Waals surface area contributed by atoms with Crippen LogP contribution in [0.15, 0.2) is 4.99 Å². The summed E-state index contributed by atoms with van der Waals surface area (Å²) in [5.41, 5.74) is 0. The first-order valence-electron chi connectivity index (χ1n) is 9.43. The van der Waals surface area contributed by atoms with E-state index < -0.39 is 0 Å². The molecule has 0 aromatic carbocycles. The normalized spacial score (nSPS) is 23.0. The molecule has 0 bridgehead atoms. The van der Waals surface area contributed by atoms with Crippen molar-refractivity contribution in [2.75, 3.05) is 51.6 Å². The molecule has 0 aliphatic carbocycles. The summed E-state index contributed by atoms with van der Waals surface area (Å²) in [5.74, 6) is 3.21. The van der Waals surface area contributed by atoms with Gasteiger partial charge in [-0.3, -0.25) is 4.99 Å². The van der Waals surface area contributed by atoms with E-state index in [-0.39, 0.29) is 24.0 Å². The molecule has 0 amide bonds. The van der Waals surface area contributed by atoms with Gasteiger partial charge in [0.2, 0.25) is 0 Å². The second-order valence-electron chi connectivity index (χ2n) is 7.43. The summed E-state index contributed by atoms with van der Waals surface area (Å²) in [7, 11) is 0. The fraction of sp³-hybridized carbons (Fsp3) is 0.944. The van der Waals surface area contributed by atoms with E-state index in [1.807, 2.05) is 0 Å². The van der Waals surface area contributed by atoms with E-state index in [2.05, 4.69) is 54.6 Å². The van der Waals surface area contributed by atoms with Crippen LogP contribution in [0.5, 0.6) is 0 Å². The lowest BCUT2D eigenvalue weighted by atomic mass is 9.94. The van der Waals surface area contributed by atoms with Gasteiger partial charge in [0.25, 0.3) is 0 Å². The summed E-state index contributed by atoms with van der Waals surface area (Å²) in [4.78, 5) is 9.97. The first-order valence-corrected chi connectivity index (χ1v) is 10.4. The number of rotatable bonds is 5. The molecular formula is C18H37IN4S. The molecule has 2 aliphatic rings. The summed E-state index contributed by atoms with van der Waals surface area (Å²) in [6.07, 6.45) is 3.96. The van der Waals surface area contributed by atoms with Crippen LogP contribution in [0, 0.1) is 5.92 Å². The number of halogens is 1. The van der Waals surface area contributed by atoms with Gasteiger partial charge < -0.3 is 15.1 Å². The Labute approximate surface area is 170 Å². The van der Waals surface area contributed by atoms with Crippen molar-refractivity contribution in [1.29, 1.82) is 0 Å². The maximum Gasteiger partial charge on any atom is 0.193 e. The third-order valence-electron chi connectivity index (χ3n) is 5.01. The van der Waals surface area contributed by atoms with E-state index in [9.17, 15) is 0 Å². The Balaban J connectivity index is 0.00000288. The van der Waals surface area contributed by atoms with Gasteiger partial charge in [-0.25, -0.2) is 0 Å². The Morgan fingerprint density at radius 2 is 1.92 bits per heavy atom. The Morgan fingerprint density at radius 3 is 2.50 bits per heavy atom. The van der Waals surface area contributed by atoms with Crippen molar-refractivity contribution in [1.82, 2.24) is 15.1 Å². The predicted molar refractivity (Wildman–Crippen MR) is 119 cm³/mol. The maximum atomic E-state index is 4.94. The molecule has 0 radical (unpaired) electrons. The first-order chi connectivity index (χ1) is 11.0. The molecule has 0 atom stereocenters. The lowest BCUT2D eigenvalue weighted by molar-refractivity contribution is 0.188. The van der Waals surface area contributed by atoms with Crippen LogP contribution in [0.3, 0.4) is 0 Å². The van der Waals surface area contributed by atoms with Gasteiger partial charge >= 0.3 is 0 Å². The predicted octanol–water partition coefficient (Wildman–Crippen LogP) is 3.52. The minimum absolute atomic E-state index is 0. The third-order valence-corrected chi connectivity index (χ3v) is 6.31. The summed E-state index contributed by atoms with van der Waals surface area (Å²) in [5, 5.41) is 3.50. The maximum absolute atomic E-state index is 4.94. The van der Waals surface area contributed by atoms with Crippen molar-refractivity contribution < 1.29 is 0 Å². The molecule has 1 N–H and O–H groups in total. The van der Waals surface area contributed by atoms with Gasteiger partial charge in [0, 0.05) is 36.7 Å². The number of guanidine groups is 1. The summed E-state index contributed by atoms with van der Waals surface area (Å²) < 4.78 is 0.335. The van der Waals surface area contributed by atoms with Gasteiger partial charge in [0.1, 0.15) is 0 Å². The zero-order valence-electron chi connectivity index (χ0n) is 16.0. The van der Waals surface area contributed by atoms with Gasteiger partial charge in [-0.15, -0.1) is 24.0 Å². The van der Waals surface area contributed by atoms with Crippen molar-refractivity contribution in [3.8, 4) is 0 Å². The third kappa shape index (κ3) is 7.28. The molecule has 0 saturated carbocycles. The minimum Gasteiger partial charge on any atom is -0.357 e. The molecule has 142 valence electrons. The number of likely N-dealkylation sites (tertiary alicyclic amines) is 1. The highest BCUT2D eigenvalue weighted by Gasteiger charge is 2.28. The van der Waals surface area contributed by atoms with Gasteiger partial charge in [0.05, 0.1) is 0 Å². The number of hydrogen-bond acceptors (Lipinski definition) is 3. The molecule has 2 saturated heterocycles. The van der Waals surface area contributed by atoms with Crippen LogP contribution in [0.2, 0.25) is 0 Å². The van der Waals surface area contributed by atoms with E-state index in [1.54, 1.807) is 0 Å². The quantitative estimate of drug-likeness (QED) is 0.380. The second-order valence-corrected chi connectivity index (χ2v) is 9.23. The number of nitrogens with zero attached hydrogens (tertiary/aromatic N) is 3.